The molecule has 0 saturated heterocycles. The Labute approximate surface area is 111 Å². The van der Waals surface area contributed by atoms with Gasteiger partial charge in [-0.1, -0.05) is 6.07 Å². The fourth-order valence-corrected chi connectivity index (χ4v) is 2.34. The molecule has 0 saturated carbocycles. The number of nitrogen functional groups attached to an aromatic ring is 1. The van der Waals surface area contributed by atoms with Crippen LogP contribution in [0.1, 0.15) is 20.8 Å². The Morgan fingerprint density at radius 1 is 1.26 bits per heavy atom. The van der Waals surface area contributed by atoms with Crippen molar-refractivity contribution >= 4 is 22.8 Å². The van der Waals surface area contributed by atoms with Crippen LogP contribution in [-0.2, 0) is 12.6 Å². The summed E-state index contributed by atoms with van der Waals surface area (Å²) in [4.78, 5) is 12.8. The molecule has 1 aromatic carbocycles. The second-order valence-corrected chi connectivity index (χ2v) is 5.01. The average Bonchev–Trinajstić information content (AvgIpc) is 2.80. The van der Waals surface area contributed by atoms with Crippen LogP contribution in [0.15, 0.2) is 35.7 Å². The standard InChI is InChI=1S/C13H10F3NOS/c14-13(15,16)8-3-4-11(17)10(6-8)12(18)7-9-2-1-5-19-9/h1-6H,7,17H2. The fraction of sp³-hybridized carbons (Fsp3) is 0.154. The Balaban J connectivity index is 2.31. The molecule has 0 amide bonds. The predicted octanol–water partition coefficient (Wildman–Crippen LogP) is 3.77. The van der Waals surface area contributed by atoms with E-state index in [0.29, 0.717) is 0 Å². The molecule has 2 nitrogen and oxygen atoms in total. The predicted molar refractivity (Wildman–Crippen MR) is 68.2 cm³/mol. The molecule has 100 valence electrons. The van der Waals surface area contributed by atoms with Gasteiger partial charge in [0.25, 0.3) is 0 Å². The smallest absolute Gasteiger partial charge is 0.398 e. The van der Waals surface area contributed by atoms with Crippen molar-refractivity contribution in [2.45, 2.75) is 12.6 Å². The van der Waals surface area contributed by atoms with E-state index in [4.69, 9.17) is 5.73 Å². The quantitative estimate of drug-likeness (QED) is 0.689. The number of Topliss-reactive ketones (excluding diaryl/α,β-unsaturated/α-hetero) is 1. The van der Waals surface area contributed by atoms with Crippen LogP contribution in [0.4, 0.5) is 18.9 Å². The molecule has 2 rings (SSSR count). The molecule has 0 radical (unpaired) electrons. The van der Waals surface area contributed by atoms with Gasteiger partial charge in [0.1, 0.15) is 0 Å². The second kappa shape index (κ2) is 5.05. The van der Waals surface area contributed by atoms with Crippen molar-refractivity contribution in [3.63, 3.8) is 0 Å². The van der Waals surface area contributed by atoms with Crippen LogP contribution in [0.2, 0.25) is 0 Å². The lowest BCUT2D eigenvalue weighted by atomic mass is 10.0. The number of thiophene rings is 1. The van der Waals surface area contributed by atoms with Crippen LogP contribution in [0.25, 0.3) is 0 Å². The lowest BCUT2D eigenvalue weighted by Gasteiger charge is -2.10. The van der Waals surface area contributed by atoms with Gasteiger partial charge in [0, 0.05) is 22.5 Å². The van der Waals surface area contributed by atoms with Gasteiger partial charge in [-0.2, -0.15) is 13.2 Å². The van der Waals surface area contributed by atoms with Crippen LogP contribution in [0.3, 0.4) is 0 Å². The zero-order chi connectivity index (χ0) is 14.0. The van der Waals surface area contributed by atoms with Crippen LogP contribution in [0, 0.1) is 0 Å². The molecule has 2 aromatic rings. The summed E-state index contributed by atoms with van der Waals surface area (Å²) in [7, 11) is 0. The maximum Gasteiger partial charge on any atom is 0.416 e. The molecular formula is C13H10F3NOS. The monoisotopic (exact) mass is 285 g/mol. The van der Waals surface area contributed by atoms with E-state index < -0.39 is 17.5 Å². The van der Waals surface area contributed by atoms with Gasteiger partial charge >= 0.3 is 6.18 Å². The molecule has 0 aliphatic rings. The highest BCUT2D eigenvalue weighted by atomic mass is 32.1. The SMILES string of the molecule is Nc1ccc(C(F)(F)F)cc1C(=O)Cc1cccs1. The van der Waals surface area contributed by atoms with Gasteiger partial charge in [0.05, 0.1) is 5.56 Å². The Morgan fingerprint density at radius 3 is 2.58 bits per heavy atom. The van der Waals surface area contributed by atoms with Gasteiger partial charge in [-0.25, -0.2) is 0 Å². The van der Waals surface area contributed by atoms with E-state index in [1.54, 1.807) is 17.5 Å². The third kappa shape index (κ3) is 3.14. The highest BCUT2D eigenvalue weighted by Crippen LogP contribution is 2.31. The van der Waals surface area contributed by atoms with Crippen molar-refractivity contribution in [2.24, 2.45) is 0 Å². The number of rotatable bonds is 3. The number of hydrogen-bond donors (Lipinski definition) is 1. The Kier molecular flexibility index (Phi) is 3.61. The van der Waals surface area contributed by atoms with Crippen LogP contribution in [-0.4, -0.2) is 5.78 Å². The van der Waals surface area contributed by atoms with E-state index >= 15 is 0 Å². The summed E-state index contributed by atoms with van der Waals surface area (Å²) >= 11 is 1.38. The minimum Gasteiger partial charge on any atom is -0.398 e. The summed E-state index contributed by atoms with van der Waals surface area (Å²) in [5.74, 6) is -0.411. The third-order valence-corrected chi connectivity index (χ3v) is 3.47. The molecule has 0 fully saturated rings. The largest absolute Gasteiger partial charge is 0.416 e. The van der Waals surface area contributed by atoms with Crippen LogP contribution >= 0.6 is 11.3 Å². The van der Waals surface area contributed by atoms with Crippen molar-refractivity contribution in [1.82, 2.24) is 0 Å². The third-order valence-electron chi connectivity index (χ3n) is 2.60. The summed E-state index contributed by atoms with van der Waals surface area (Å²) in [5, 5.41) is 1.80. The van der Waals surface area contributed by atoms with E-state index in [1.807, 2.05) is 0 Å². The number of halogens is 3. The van der Waals surface area contributed by atoms with Crippen molar-refractivity contribution in [3.8, 4) is 0 Å². The molecule has 19 heavy (non-hydrogen) atoms. The molecule has 6 heteroatoms. The molecule has 1 aromatic heterocycles. The maximum atomic E-state index is 12.6. The van der Waals surface area contributed by atoms with E-state index in [-0.39, 0.29) is 17.7 Å². The van der Waals surface area contributed by atoms with Crippen molar-refractivity contribution in [2.75, 3.05) is 5.73 Å². The van der Waals surface area contributed by atoms with Crippen molar-refractivity contribution in [1.29, 1.82) is 0 Å². The van der Waals surface area contributed by atoms with E-state index in [9.17, 15) is 18.0 Å². The van der Waals surface area contributed by atoms with Gasteiger partial charge in [-0.3, -0.25) is 4.79 Å². The molecule has 0 atom stereocenters. The summed E-state index contributed by atoms with van der Waals surface area (Å²) in [6, 6.07) is 6.34. The first-order chi connectivity index (χ1) is 8.88. The number of alkyl halides is 3. The zero-order valence-corrected chi connectivity index (χ0v) is 10.5. The molecule has 0 aliphatic heterocycles. The van der Waals surface area contributed by atoms with Crippen molar-refractivity contribution in [3.05, 3.63) is 51.7 Å². The number of benzene rings is 1. The van der Waals surface area contributed by atoms with Gasteiger partial charge in [-0.05, 0) is 29.6 Å². The summed E-state index contributed by atoms with van der Waals surface area (Å²) in [5.41, 5.74) is 4.70. The molecule has 0 bridgehead atoms. The number of nitrogens with two attached hydrogens (primary N) is 1. The molecule has 0 aliphatic carbocycles. The highest BCUT2D eigenvalue weighted by molar-refractivity contribution is 7.10. The number of anilines is 1. The van der Waals surface area contributed by atoms with Gasteiger partial charge in [0.2, 0.25) is 0 Å². The maximum absolute atomic E-state index is 12.6. The molecule has 0 unspecified atom stereocenters. The Hall–Kier alpha value is -1.82. The van der Waals surface area contributed by atoms with Gasteiger partial charge in [-0.15, -0.1) is 11.3 Å². The number of carbonyl (C=O) groups excluding carboxylic acids is 1. The normalized spacial score (nSPS) is 11.5. The van der Waals surface area contributed by atoms with Gasteiger partial charge in [0.15, 0.2) is 5.78 Å². The van der Waals surface area contributed by atoms with E-state index in [0.717, 1.165) is 23.1 Å². The first-order valence-electron chi connectivity index (χ1n) is 5.40. The molecule has 0 spiro atoms. The van der Waals surface area contributed by atoms with E-state index in [1.165, 1.54) is 11.3 Å². The van der Waals surface area contributed by atoms with Gasteiger partial charge < -0.3 is 5.73 Å². The lowest BCUT2D eigenvalue weighted by molar-refractivity contribution is -0.137. The molecular weight excluding hydrogens is 275 g/mol. The number of ketones is 1. The summed E-state index contributed by atoms with van der Waals surface area (Å²) in [6.07, 6.45) is -4.42. The Bertz CT molecular complexity index is 590. The lowest BCUT2D eigenvalue weighted by Crippen LogP contribution is -2.11. The first kappa shape index (κ1) is 13.6. The summed E-state index contributed by atoms with van der Waals surface area (Å²) < 4.78 is 37.8. The molecule has 2 N–H and O–H groups in total. The van der Waals surface area contributed by atoms with Crippen LogP contribution < -0.4 is 5.73 Å². The summed E-state index contributed by atoms with van der Waals surface area (Å²) in [6.45, 7) is 0. The first-order valence-corrected chi connectivity index (χ1v) is 6.28. The Morgan fingerprint density at radius 2 is 2.00 bits per heavy atom. The topological polar surface area (TPSA) is 43.1 Å². The second-order valence-electron chi connectivity index (χ2n) is 3.98. The average molecular weight is 285 g/mol. The van der Waals surface area contributed by atoms with Crippen molar-refractivity contribution < 1.29 is 18.0 Å². The number of carbonyl (C=O) groups is 1. The zero-order valence-electron chi connectivity index (χ0n) is 9.70. The number of hydrogen-bond acceptors (Lipinski definition) is 3. The highest BCUT2D eigenvalue weighted by Gasteiger charge is 2.31. The minimum atomic E-state index is -4.48. The fourth-order valence-electron chi connectivity index (χ4n) is 1.64. The van der Waals surface area contributed by atoms with Crippen LogP contribution in [0.5, 0.6) is 0 Å². The minimum absolute atomic E-state index is 0.0587. The van der Waals surface area contributed by atoms with E-state index in [2.05, 4.69) is 0 Å². The molecule has 1 heterocycles.